The van der Waals surface area contributed by atoms with Crippen molar-refractivity contribution in [3.63, 3.8) is 0 Å². The Bertz CT molecular complexity index is 1030. The lowest BCUT2D eigenvalue weighted by Crippen LogP contribution is -2.42. The van der Waals surface area contributed by atoms with Crippen LogP contribution in [0.5, 0.6) is 0 Å². The molecule has 1 saturated heterocycles. The first kappa shape index (κ1) is 19.0. The van der Waals surface area contributed by atoms with Crippen molar-refractivity contribution in [1.82, 2.24) is 14.7 Å². The normalized spacial score (nSPS) is 20.5. The SMILES string of the molecule is NC(=O)c1cc2ncnc(N3CCCC(CNS(=O)(=O)C4CC4)C3)c2cc1F. The highest BCUT2D eigenvalue weighted by Gasteiger charge is 2.36. The molecule has 0 bridgehead atoms. The monoisotopic (exact) mass is 407 g/mol. The first-order valence-electron chi connectivity index (χ1n) is 9.32. The Balaban J connectivity index is 1.55. The highest BCUT2D eigenvalue weighted by Crippen LogP contribution is 2.30. The van der Waals surface area contributed by atoms with Gasteiger partial charge in [-0.2, -0.15) is 0 Å². The Hall–Kier alpha value is -2.33. The van der Waals surface area contributed by atoms with E-state index < -0.39 is 21.7 Å². The number of nitrogens with zero attached hydrogens (tertiary/aromatic N) is 3. The van der Waals surface area contributed by atoms with Crippen LogP contribution in [0.2, 0.25) is 0 Å². The Morgan fingerprint density at radius 2 is 2.07 bits per heavy atom. The number of hydrogen-bond donors (Lipinski definition) is 2. The second-order valence-electron chi connectivity index (χ2n) is 7.46. The van der Waals surface area contributed by atoms with Crippen LogP contribution in [0.25, 0.3) is 10.9 Å². The number of carbonyl (C=O) groups excluding carboxylic acids is 1. The maximum Gasteiger partial charge on any atom is 0.251 e. The summed E-state index contributed by atoms with van der Waals surface area (Å²) in [5.41, 5.74) is 5.45. The molecule has 1 amide bonds. The molecule has 1 aliphatic heterocycles. The van der Waals surface area contributed by atoms with Crippen LogP contribution in [-0.2, 0) is 10.0 Å². The zero-order valence-electron chi connectivity index (χ0n) is 15.3. The van der Waals surface area contributed by atoms with Crippen molar-refractivity contribution in [2.45, 2.75) is 30.9 Å². The van der Waals surface area contributed by atoms with Crippen molar-refractivity contribution >= 4 is 32.7 Å². The number of benzene rings is 1. The number of nitrogens with one attached hydrogen (secondary N) is 1. The van der Waals surface area contributed by atoms with Crippen molar-refractivity contribution < 1.29 is 17.6 Å². The number of fused-ring (bicyclic) bond motifs is 1. The molecule has 1 unspecified atom stereocenters. The molecule has 0 radical (unpaired) electrons. The predicted octanol–water partition coefficient (Wildman–Crippen LogP) is 1.17. The number of rotatable bonds is 6. The van der Waals surface area contributed by atoms with Gasteiger partial charge in [-0.25, -0.2) is 27.5 Å². The lowest BCUT2D eigenvalue weighted by molar-refractivity contribution is 0.0996. The number of halogens is 1. The van der Waals surface area contributed by atoms with Crippen molar-refractivity contribution in [3.8, 4) is 0 Å². The summed E-state index contributed by atoms with van der Waals surface area (Å²) in [7, 11) is -3.21. The molecule has 2 heterocycles. The van der Waals surface area contributed by atoms with Gasteiger partial charge in [0.2, 0.25) is 10.0 Å². The third-order valence-corrected chi connectivity index (χ3v) is 7.24. The molecule has 8 nitrogen and oxygen atoms in total. The molecule has 150 valence electrons. The molecule has 3 N–H and O–H groups in total. The standard InChI is InChI=1S/C18H22FN5O3S/c19-15-6-14-16(7-13(15)17(20)25)21-10-22-18(14)24-5-1-2-11(9-24)8-23-28(26,27)12-3-4-12/h6-7,10-12,23H,1-5,8-9H2,(H2,20,25). The van der Waals surface area contributed by atoms with E-state index >= 15 is 0 Å². The fourth-order valence-electron chi connectivity index (χ4n) is 3.66. The van der Waals surface area contributed by atoms with E-state index in [4.69, 9.17) is 5.73 Å². The summed E-state index contributed by atoms with van der Waals surface area (Å²) in [6.45, 7) is 1.73. The largest absolute Gasteiger partial charge is 0.366 e. The summed E-state index contributed by atoms with van der Waals surface area (Å²) in [5.74, 6) is -0.834. The maximum atomic E-state index is 14.3. The van der Waals surface area contributed by atoms with Crippen LogP contribution < -0.4 is 15.4 Å². The van der Waals surface area contributed by atoms with E-state index in [1.165, 1.54) is 18.5 Å². The number of anilines is 1. The molecule has 28 heavy (non-hydrogen) atoms. The van der Waals surface area contributed by atoms with E-state index in [0.29, 0.717) is 29.8 Å². The van der Waals surface area contributed by atoms with Crippen LogP contribution in [0.15, 0.2) is 18.5 Å². The lowest BCUT2D eigenvalue weighted by atomic mass is 9.98. The number of amides is 1. The maximum absolute atomic E-state index is 14.3. The van der Waals surface area contributed by atoms with Gasteiger partial charge in [0.25, 0.3) is 5.91 Å². The fourth-order valence-corrected chi connectivity index (χ4v) is 5.12. The molecule has 2 fully saturated rings. The zero-order chi connectivity index (χ0) is 19.9. The minimum Gasteiger partial charge on any atom is -0.366 e. The summed E-state index contributed by atoms with van der Waals surface area (Å²) in [6, 6.07) is 2.58. The molecule has 2 aliphatic rings. The highest BCUT2D eigenvalue weighted by molar-refractivity contribution is 7.90. The van der Waals surface area contributed by atoms with Gasteiger partial charge >= 0.3 is 0 Å². The van der Waals surface area contributed by atoms with Crippen molar-refractivity contribution in [1.29, 1.82) is 0 Å². The quantitative estimate of drug-likeness (QED) is 0.742. The van der Waals surface area contributed by atoms with Gasteiger partial charge in [0, 0.05) is 25.0 Å². The number of sulfonamides is 1. The van der Waals surface area contributed by atoms with Crippen LogP contribution in [0, 0.1) is 11.7 Å². The van der Waals surface area contributed by atoms with Gasteiger partial charge in [0.05, 0.1) is 16.3 Å². The Labute approximate surface area is 162 Å². The van der Waals surface area contributed by atoms with E-state index in [1.807, 2.05) is 4.90 Å². The summed E-state index contributed by atoms with van der Waals surface area (Å²) < 4.78 is 41.1. The van der Waals surface area contributed by atoms with Gasteiger partial charge < -0.3 is 10.6 Å². The third kappa shape index (κ3) is 3.79. The molecule has 4 rings (SSSR count). The van der Waals surface area contributed by atoms with E-state index in [2.05, 4.69) is 14.7 Å². The first-order valence-corrected chi connectivity index (χ1v) is 10.9. The molecule has 1 aromatic heterocycles. The molecule has 2 aromatic rings. The summed E-state index contributed by atoms with van der Waals surface area (Å²) >= 11 is 0. The van der Waals surface area contributed by atoms with E-state index in [-0.39, 0.29) is 16.7 Å². The molecule has 0 spiro atoms. The third-order valence-electron chi connectivity index (χ3n) is 5.32. The predicted molar refractivity (Wildman–Crippen MR) is 103 cm³/mol. The van der Waals surface area contributed by atoms with Gasteiger partial charge in [-0.3, -0.25) is 4.79 Å². The zero-order valence-corrected chi connectivity index (χ0v) is 16.1. The molecule has 1 saturated carbocycles. The van der Waals surface area contributed by atoms with Crippen molar-refractivity contribution in [2.24, 2.45) is 11.7 Å². The number of hydrogen-bond acceptors (Lipinski definition) is 6. The van der Waals surface area contributed by atoms with Gasteiger partial charge in [-0.05, 0) is 43.7 Å². The average molecular weight is 407 g/mol. The van der Waals surface area contributed by atoms with E-state index in [1.54, 1.807) is 0 Å². The number of aromatic nitrogens is 2. The first-order chi connectivity index (χ1) is 13.3. The Morgan fingerprint density at radius 1 is 1.29 bits per heavy atom. The smallest absolute Gasteiger partial charge is 0.251 e. The molecular weight excluding hydrogens is 385 g/mol. The van der Waals surface area contributed by atoms with Crippen LogP contribution in [0.4, 0.5) is 10.2 Å². The Kier molecular flexibility index (Phi) is 4.92. The van der Waals surface area contributed by atoms with Crippen LogP contribution in [0.1, 0.15) is 36.0 Å². The topological polar surface area (TPSA) is 118 Å². The van der Waals surface area contributed by atoms with Gasteiger partial charge in [0.15, 0.2) is 0 Å². The second-order valence-corrected chi connectivity index (χ2v) is 9.50. The van der Waals surface area contributed by atoms with Crippen LogP contribution >= 0.6 is 0 Å². The van der Waals surface area contributed by atoms with Crippen molar-refractivity contribution in [2.75, 3.05) is 24.5 Å². The van der Waals surface area contributed by atoms with Gasteiger partial charge in [0.1, 0.15) is 18.0 Å². The average Bonchev–Trinajstić information content (AvgIpc) is 3.51. The molecular formula is C18H22FN5O3S. The molecule has 1 aromatic carbocycles. The number of primary amides is 1. The summed E-state index contributed by atoms with van der Waals surface area (Å²) in [4.78, 5) is 21.8. The van der Waals surface area contributed by atoms with Crippen LogP contribution in [0.3, 0.4) is 0 Å². The van der Waals surface area contributed by atoms with Crippen molar-refractivity contribution in [3.05, 3.63) is 29.8 Å². The fraction of sp³-hybridized carbons (Fsp3) is 0.500. The number of piperidine rings is 1. The summed E-state index contributed by atoms with van der Waals surface area (Å²) in [6.07, 6.45) is 4.63. The van der Waals surface area contributed by atoms with Crippen LogP contribution in [-0.4, -0.2) is 49.2 Å². The van der Waals surface area contributed by atoms with Gasteiger partial charge in [-0.1, -0.05) is 0 Å². The van der Waals surface area contributed by atoms with Gasteiger partial charge in [-0.15, -0.1) is 0 Å². The summed E-state index contributed by atoms with van der Waals surface area (Å²) in [5, 5.41) is 0.268. The Morgan fingerprint density at radius 3 is 2.79 bits per heavy atom. The highest BCUT2D eigenvalue weighted by atomic mass is 32.2. The molecule has 1 aliphatic carbocycles. The van der Waals surface area contributed by atoms with E-state index in [9.17, 15) is 17.6 Å². The number of carbonyl (C=O) groups is 1. The minimum atomic E-state index is -3.21. The van der Waals surface area contributed by atoms with E-state index in [0.717, 1.165) is 32.2 Å². The molecule has 1 atom stereocenters. The number of nitrogens with two attached hydrogens (primary N) is 1. The second kappa shape index (κ2) is 7.25. The lowest BCUT2D eigenvalue weighted by Gasteiger charge is -2.34. The molecule has 10 heteroatoms. The minimum absolute atomic E-state index is 0.141.